The molecule has 92 valence electrons. The van der Waals surface area contributed by atoms with E-state index in [1.54, 1.807) is 6.20 Å². The van der Waals surface area contributed by atoms with Crippen LogP contribution in [0.5, 0.6) is 0 Å². The van der Waals surface area contributed by atoms with Crippen LogP contribution in [0.4, 0.5) is 11.5 Å². The van der Waals surface area contributed by atoms with Crippen LogP contribution in [0, 0.1) is 0 Å². The van der Waals surface area contributed by atoms with Crippen molar-refractivity contribution in [1.29, 1.82) is 0 Å². The highest BCUT2D eigenvalue weighted by Gasteiger charge is 2.02. The summed E-state index contributed by atoms with van der Waals surface area (Å²) in [6, 6.07) is 13.3. The second-order valence-corrected chi connectivity index (χ2v) is 3.79. The van der Waals surface area contributed by atoms with Crippen LogP contribution >= 0.6 is 0 Å². The van der Waals surface area contributed by atoms with E-state index in [1.165, 1.54) is 7.11 Å². The molecule has 4 heteroatoms. The molecule has 0 saturated heterocycles. The van der Waals surface area contributed by atoms with Gasteiger partial charge in [-0.1, -0.05) is 18.2 Å². The van der Waals surface area contributed by atoms with E-state index in [-0.39, 0.29) is 5.97 Å². The normalized spacial score (nSPS) is 9.83. The molecule has 18 heavy (non-hydrogen) atoms. The number of anilines is 2. The Morgan fingerprint density at radius 3 is 2.61 bits per heavy atom. The summed E-state index contributed by atoms with van der Waals surface area (Å²) in [6.07, 6.45) is 2.02. The van der Waals surface area contributed by atoms with Crippen molar-refractivity contribution in [2.45, 2.75) is 6.42 Å². The lowest BCUT2D eigenvalue weighted by Crippen LogP contribution is -2.04. The number of hydrogen-bond acceptors (Lipinski definition) is 4. The van der Waals surface area contributed by atoms with Crippen molar-refractivity contribution in [2.75, 3.05) is 12.4 Å². The number of aromatic nitrogens is 1. The summed E-state index contributed by atoms with van der Waals surface area (Å²) in [6.45, 7) is 0. The van der Waals surface area contributed by atoms with Crippen molar-refractivity contribution in [3.63, 3.8) is 0 Å². The fourth-order valence-corrected chi connectivity index (χ4v) is 1.53. The van der Waals surface area contributed by atoms with Gasteiger partial charge in [-0.25, -0.2) is 4.98 Å². The predicted molar refractivity (Wildman–Crippen MR) is 69.7 cm³/mol. The van der Waals surface area contributed by atoms with Crippen LogP contribution in [0.2, 0.25) is 0 Å². The first-order valence-electron chi connectivity index (χ1n) is 5.62. The largest absolute Gasteiger partial charge is 0.469 e. The molecule has 0 fully saturated rings. The van der Waals surface area contributed by atoms with Gasteiger partial charge in [0.05, 0.1) is 13.5 Å². The fraction of sp³-hybridized carbons (Fsp3) is 0.143. The van der Waals surface area contributed by atoms with Crippen molar-refractivity contribution in [2.24, 2.45) is 0 Å². The van der Waals surface area contributed by atoms with Gasteiger partial charge in [-0.2, -0.15) is 0 Å². The zero-order valence-corrected chi connectivity index (χ0v) is 10.1. The van der Waals surface area contributed by atoms with Crippen LogP contribution in [0.25, 0.3) is 0 Å². The summed E-state index contributed by atoms with van der Waals surface area (Å²) >= 11 is 0. The van der Waals surface area contributed by atoms with Crippen molar-refractivity contribution < 1.29 is 9.53 Å². The van der Waals surface area contributed by atoms with Crippen LogP contribution < -0.4 is 5.32 Å². The Balaban J connectivity index is 2.02. The lowest BCUT2D eigenvalue weighted by Gasteiger charge is -2.06. The van der Waals surface area contributed by atoms with Crippen LogP contribution in [-0.4, -0.2) is 18.1 Å². The average molecular weight is 242 g/mol. The van der Waals surface area contributed by atoms with Gasteiger partial charge >= 0.3 is 5.97 Å². The lowest BCUT2D eigenvalue weighted by atomic mass is 10.1. The standard InChI is InChI=1S/C14H14N2O2/c1-18-14(17)10-11-5-7-12(8-6-11)16-13-4-2-3-9-15-13/h2-9H,10H2,1H3,(H,15,16). The van der Waals surface area contributed by atoms with Gasteiger partial charge in [-0.3, -0.25) is 4.79 Å². The molecule has 4 nitrogen and oxygen atoms in total. The highest BCUT2D eigenvalue weighted by atomic mass is 16.5. The van der Waals surface area contributed by atoms with Gasteiger partial charge in [0, 0.05) is 11.9 Å². The Morgan fingerprint density at radius 1 is 1.22 bits per heavy atom. The lowest BCUT2D eigenvalue weighted by molar-refractivity contribution is -0.139. The van der Waals surface area contributed by atoms with Gasteiger partial charge in [-0.05, 0) is 29.8 Å². The first-order chi connectivity index (χ1) is 8.78. The highest BCUT2D eigenvalue weighted by Crippen LogP contribution is 2.15. The second kappa shape index (κ2) is 5.82. The summed E-state index contributed by atoms with van der Waals surface area (Å²) in [7, 11) is 1.39. The van der Waals surface area contributed by atoms with E-state index in [2.05, 4.69) is 15.0 Å². The van der Waals surface area contributed by atoms with E-state index in [1.807, 2.05) is 42.5 Å². The smallest absolute Gasteiger partial charge is 0.309 e. The molecule has 2 aromatic rings. The predicted octanol–water partition coefficient (Wildman–Crippen LogP) is 2.54. The SMILES string of the molecule is COC(=O)Cc1ccc(Nc2ccccn2)cc1. The van der Waals surface area contributed by atoms with Gasteiger partial charge in [-0.15, -0.1) is 0 Å². The van der Waals surface area contributed by atoms with Gasteiger partial charge in [0.25, 0.3) is 0 Å². The number of methoxy groups -OCH3 is 1. The Labute approximate surface area is 106 Å². The number of benzene rings is 1. The molecule has 0 bridgehead atoms. The van der Waals surface area contributed by atoms with Crippen molar-refractivity contribution in [3.8, 4) is 0 Å². The maximum Gasteiger partial charge on any atom is 0.309 e. The highest BCUT2D eigenvalue weighted by molar-refractivity contribution is 5.72. The molecule has 1 N–H and O–H groups in total. The monoisotopic (exact) mass is 242 g/mol. The number of ether oxygens (including phenoxy) is 1. The van der Waals surface area contributed by atoms with Crippen molar-refractivity contribution >= 4 is 17.5 Å². The molecule has 0 unspecified atom stereocenters. The fourth-order valence-electron chi connectivity index (χ4n) is 1.53. The molecule has 1 aromatic heterocycles. The van der Waals surface area contributed by atoms with Gasteiger partial charge < -0.3 is 10.1 Å². The Bertz CT molecular complexity index is 509. The van der Waals surface area contributed by atoms with Crippen LogP contribution in [0.1, 0.15) is 5.56 Å². The topological polar surface area (TPSA) is 51.2 Å². The minimum atomic E-state index is -0.236. The van der Waals surface area contributed by atoms with E-state index in [0.717, 1.165) is 17.1 Å². The minimum Gasteiger partial charge on any atom is -0.469 e. The van der Waals surface area contributed by atoms with E-state index < -0.39 is 0 Å². The molecule has 0 spiro atoms. The molecule has 0 aliphatic carbocycles. The molecular weight excluding hydrogens is 228 g/mol. The third-order valence-corrected chi connectivity index (χ3v) is 2.47. The summed E-state index contributed by atoms with van der Waals surface area (Å²) in [5.74, 6) is 0.554. The van der Waals surface area contributed by atoms with Crippen LogP contribution in [0.15, 0.2) is 48.7 Å². The number of hydrogen-bond donors (Lipinski definition) is 1. The zero-order valence-electron chi connectivity index (χ0n) is 10.1. The Hall–Kier alpha value is -2.36. The summed E-state index contributed by atoms with van der Waals surface area (Å²) in [5.41, 5.74) is 1.86. The quantitative estimate of drug-likeness (QED) is 0.837. The number of nitrogens with one attached hydrogen (secondary N) is 1. The van der Waals surface area contributed by atoms with Crippen LogP contribution in [0.3, 0.4) is 0 Å². The molecule has 0 radical (unpaired) electrons. The summed E-state index contributed by atoms with van der Waals surface area (Å²) in [4.78, 5) is 15.3. The first-order valence-corrected chi connectivity index (χ1v) is 5.62. The number of rotatable bonds is 4. The maximum atomic E-state index is 11.1. The van der Waals surface area contributed by atoms with Gasteiger partial charge in [0.1, 0.15) is 5.82 Å². The number of pyridine rings is 1. The Morgan fingerprint density at radius 2 is 2.00 bits per heavy atom. The zero-order chi connectivity index (χ0) is 12.8. The maximum absolute atomic E-state index is 11.1. The van der Waals surface area contributed by atoms with Crippen molar-refractivity contribution in [1.82, 2.24) is 4.98 Å². The molecular formula is C14H14N2O2. The third-order valence-electron chi connectivity index (χ3n) is 2.47. The number of nitrogens with zero attached hydrogens (tertiary/aromatic N) is 1. The molecule has 0 aliphatic rings. The average Bonchev–Trinajstić information content (AvgIpc) is 2.42. The second-order valence-electron chi connectivity index (χ2n) is 3.79. The molecule has 0 amide bonds. The minimum absolute atomic E-state index is 0.236. The first kappa shape index (κ1) is 12.1. The molecule has 0 saturated carbocycles. The van der Waals surface area contributed by atoms with Gasteiger partial charge in [0.15, 0.2) is 0 Å². The number of carbonyl (C=O) groups excluding carboxylic acids is 1. The molecule has 2 rings (SSSR count). The summed E-state index contributed by atoms with van der Waals surface area (Å²) in [5, 5.41) is 3.17. The van der Waals surface area contributed by atoms with E-state index in [9.17, 15) is 4.79 Å². The third kappa shape index (κ3) is 3.31. The van der Waals surface area contributed by atoms with Crippen molar-refractivity contribution in [3.05, 3.63) is 54.2 Å². The number of carbonyl (C=O) groups is 1. The van der Waals surface area contributed by atoms with E-state index in [4.69, 9.17) is 0 Å². The summed E-state index contributed by atoms with van der Waals surface area (Å²) < 4.78 is 4.62. The molecule has 0 atom stereocenters. The van der Waals surface area contributed by atoms with Gasteiger partial charge in [0.2, 0.25) is 0 Å². The Kier molecular flexibility index (Phi) is 3.91. The molecule has 0 aliphatic heterocycles. The number of esters is 1. The van der Waals surface area contributed by atoms with Crippen LogP contribution in [-0.2, 0) is 16.0 Å². The van der Waals surface area contributed by atoms with E-state index in [0.29, 0.717) is 6.42 Å². The molecule has 1 heterocycles. The molecule has 1 aromatic carbocycles. The van der Waals surface area contributed by atoms with E-state index >= 15 is 0 Å².